The zero-order chi connectivity index (χ0) is 18.8. The molecule has 0 unspecified atom stereocenters. The molecule has 0 spiro atoms. The Hall–Kier alpha value is 0.773. The van der Waals surface area contributed by atoms with Gasteiger partial charge in [-0.2, -0.15) is 6.42 Å². The molecule has 0 heterocycles. The van der Waals surface area contributed by atoms with E-state index in [9.17, 15) is 4.57 Å². The molecule has 10 radical (unpaired) electrons. The van der Waals surface area contributed by atoms with Crippen molar-refractivity contribution >= 4 is 7.60 Å². The average Bonchev–Trinajstić information content (AvgIpc) is 3.32. The topological polar surface area (TPSA) is 35.5 Å². The van der Waals surface area contributed by atoms with Crippen molar-refractivity contribution < 1.29 is 39.8 Å². The Morgan fingerprint density at radius 2 is 1.19 bits per heavy atom. The Labute approximate surface area is 182 Å². The first kappa shape index (κ1) is 29.0. The van der Waals surface area contributed by atoms with E-state index in [-0.39, 0.29) is 26.2 Å². The quantitative estimate of drug-likeness (QED) is 0.334. The minimum Gasteiger partial charge on any atom is -0.374 e. The smallest absolute Gasteiger partial charge is 0.374 e. The Kier molecular flexibility index (Phi) is 22.9. The fraction of sp³-hybridized carbons (Fsp3) is 0.381. The molecular formula is C21H31O3PZr+2. The number of hydrogen-bond donors (Lipinski definition) is 0. The second-order valence-electron chi connectivity index (χ2n) is 4.97. The van der Waals surface area contributed by atoms with Crippen molar-refractivity contribution in [2.75, 3.05) is 13.2 Å². The fourth-order valence-corrected chi connectivity index (χ4v) is 3.31. The second kappa shape index (κ2) is 20.5. The van der Waals surface area contributed by atoms with Gasteiger partial charge in [-0.25, -0.2) is 0 Å². The molecule has 2 rings (SSSR count). The van der Waals surface area contributed by atoms with Gasteiger partial charge in [0.1, 0.15) is 0 Å². The largest absolute Gasteiger partial charge is 4.00 e. The van der Waals surface area contributed by atoms with Crippen molar-refractivity contribution in [1.82, 2.24) is 0 Å². The Morgan fingerprint density at radius 3 is 1.42 bits per heavy atom. The first-order chi connectivity index (χ1) is 12.1. The van der Waals surface area contributed by atoms with E-state index in [4.69, 9.17) is 9.05 Å². The molecule has 5 heteroatoms. The molecule has 0 aromatic carbocycles. The summed E-state index contributed by atoms with van der Waals surface area (Å²) in [6.45, 7) is 10.1. The van der Waals surface area contributed by atoms with Crippen LogP contribution in [0.15, 0.2) is 5.57 Å². The van der Waals surface area contributed by atoms with E-state index in [1.807, 2.05) is 64.2 Å². The summed E-state index contributed by atoms with van der Waals surface area (Å²) in [5, 5.41) is 0. The average molecular weight is 454 g/mol. The van der Waals surface area contributed by atoms with E-state index < -0.39 is 7.60 Å². The van der Waals surface area contributed by atoms with Crippen molar-refractivity contribution in [3.05, 3.63) is 82.5 Å². The van der Waals surface area contributed by atoms with Crippen molar-refractivity contribution in [2.45, 2.75) is 40.0 Å². The summed E-state index contributed by atoms with van der Waals surface area (Å²) in [5.41, 5.74) is 0.919. The molecule has 0 aliphatic heterocycles. The SMILES string of the molecule is [CH2-]CC(=[C-]P(=O)(OCC)OCC)CCC.[CH]1[CH][CH][CH][CH]1.[CH]1[CH][CH][CH][CH]1.[Zr+4]. The summed E-state index contributed by atoms with van der Waals surface area (Å²) in [4.78, 5) is 0. The molecule has 2 fully saturated rings. The van der Waals surface area contributed by atoms with Crippen LogP contribution in [0.2, 0.25) is 0 Å². The van der Waals surface area contributed by atoms with Crippen LogP contribution in [0, 0.1) is 76.9 Å². The molecule has 0 amide bonds. The van der Waals surface area contributed by atoms with Gasteiger partial charge in [0.15, 0.2) is 7.60 Å². The van der Waals surface area contributed by atoms with Crippen LogP contribution in [0.25, 0.3) is 0 Å². The van der Waals surface area contributed by atoms with Crippen LogP contribution in [-0.2, 0) is 39.8 Å². The van der Waals surface area contributed by atoms with Gasteiger partial charge < -0.3 is 21.8 Å². The minimum atomic E-state index is -3.15. The summed E-state index contributed by atoms with van der Waals surface area (Å²) in [6, 6.07) is 0. The number of allylic oxidation sites excluding steroid dienone is 1. The molecule has 3 nitrogen and oxygen atoms in total. The molecule has 2 saturated carbocycles. The van der Waals surface area contributed by atoms with Crippen LogP contribution in [0.1, 0.15) is 40.0 Å². The Morgan fingerprint density at radius 1 is 0.846 bits per heavy atom. The summed E-state index contributed by atoms with van der Waals surface area (Å²) >= 11 is 0. The predicted octanol–water partition coefficient (Wildman–Crippen LogP) is 6.00. The third-order valence-corrected chi connectivity index (χ3v) is 4.64. The molecular weight excluding hydrogens is 422 g/mol. The summed E-state index contributed by atoms with van der Waals surface area (Å²) < 4.78 is 22.3. The minimum absolute atomic E-state index is 0. The van der Waals surface area contributed by atoms with E-state index in [1.165, 1.54) is 0 Å². The van der Waals surface area contributed by atoms with Gasteiger partial charge in [-0.3, -0.25) is 10.1 Å². The van der Waals surface area contributed by atoms with Crippen LogP contribution in [0.3, 0.4) is 0 Å². The van der Waals surface area contributed by atoms with E-state index in [2.05, 4.69) is 19.7 Å². The van der Waals surface area contributed by atoms with E-state index in [0.717, 1.165) is 18.4 Å². The number of rotatable bonds is 8. The predicted molar refractivity (Wildman–Crippen MR) is 105 cm³/mol. The molecule has 140 valence electrons. The van der Waals surface area contributed by atoms with Crippen molar-refractivity contribution in [2.24, 2.45) is 0 Å². The van der Waals surface area contributed by atoms with Crippen LogP contribution in [0.5, 0.6) is 0 Å². The van der Waals surface area contributed by atoms with E-state index in [0.29, 0.717) is 19.6 Å². The van der Waals surface area contributed by atoms with Gasteiger partial charge in [0.25, 0.3) is 0 Å². The molecule has 0 bridgehead atoms. The Balaban J connectivity index is 0. The first-order valence-electron chi connectivity index (χ1n) is 8.76. The normalized spacial score (nSPS) is 16.8. The molecule has 0 aromatic rings. The van der Waals surface area contributed by atoms with Crippen LogP contribution >= 0.6 is 7.60 Å². The van der Waals surface area contributed by atoms with Crippen molar-refractivity contribution in [3.63, 3.8) is 0 Å². The monoisotopic (exact) mass is 452 g/mol. The number of hydrogen-bond acceptors (Lipinski definition) is 3. The third-order valence-electron chi connectivity index (χ3n) is 2.86. The zero-order valence-corrected chi connectivity index (χ0v) is 19.5. The molecule has 0 aromatic heterocycles. The van der Waals surface area contributed by atoms with Gasteiger partial charge in [0, 0.05) is 0 Å². The third kappa shape index (κ3) is 16.9. The zero-order valence-electron chi connectivity index (χ0n) is 16.2. The fourth-order valence-electron chi connectivity index (χ4n) is 1.82. The standard InChI is InChI=1S/C11H21O3P.2C5H5.Zr/c1-5-9-11(6-2)10-15(12,13-7-3)14-8-4;2*1-2-4-5-3-1;/h2,5-9H2,1,3-4H3;2*1-5H;/q-2;;;+4. The van der Waals surface area contributed by atoms with Gasteiger partial charge in [-0.05, 0) is 78.1 Å². The molecule has 26 heavy (non-hydrogen) atoms. The first-order valence-corrected chi connectivity index (χ1v) is 10.3. The molecule has 2 aliphatic carbocycles. The van der Waals surface area contributed by atoms with E-state index in [1.54, 1.807) is 13.8 Å². The van der Waals surface area contributed by atoms with Gasteiger partial charge in [0.05, 0.1) is 13.2 Å². The van der Waals surface area contributed by atoms with E-state index >= 15 is 0 Å². The maximum absolute atomic E-state index is 12.1. The van der Waals surface area contributed by atoms with Crippen molar-refractivity contribution in [1.29, 1.82) is 0 Å². The Bertz CT molecular complexity index is 329. The molecule has 0 atom stereocenters. The maximum atomic E-state index is 12.1. The summed E-state index contributed by atoms with van der Waals surface area (Å²) in [7, 11) is -3.15. The molecule has 0 saturated heterocycles. The van der Waals surface area contributed by atoms with Crippen LogP contribution in [0.4, 0.5) is 0 Å². The van der Waals surface area contributed by atoms with Gasteiger partial charge in [-0.15, -0.1) is 0 Å². The van der Waals surface area contributed by atoms with Crippen molar-refractivity contribution in [3.8, 4) is 0 Å². The van der Waals surface area contributed by atoms with Crippen LogP contribution < -0.4 is 0 Å². The molecule has 2 aliphatic rings. The van der Waals surface area contributed by atoms with Gasteiger partial charge >= 0.3 is 26.2 Å². The molecule has 0 N–H and O–H groups in total. The summed E-state index contributed by atoms with van der Waals surface area (Å²) in [6.07, 6.45) is 22.4. The van der Waals surface area contributed by atoms with Gasteiger partial charge in [0.2, 0.25) is 0 Å². The second-order valence-corrected chi connectivity index (χ2v) is 6.71. The van der Waals surface area contributed by atoms with Gasteiger partial charge in [-0.1, -0.05) is 19.8 Å². The van der Waals surface area contributed by atoms with Crippen LogP contribution in [-0.4, -0.2) is 13.2 Å². The maximum Gasteiger partial charge on any atom is 4.00 e. The summed E-state index contributed by atoms with van der Waals surface area (Å²) in [5.74, 6) is 2.85.